The number of rotatable bonds is 7. The molecule has 0 aliphatic heterocycles. The Balaban J connectivity index is 1.47. The summed E-state index contributed by atoms with van der Waals surface area (Å²) in [5, 5.41) is 10.8. The van der Waals surface area contributed by atoms with Gasteiger partial charge >= 0.3 is 0 Å². The number of hydrogen-bond acceptors (Lipinski definition) is 4. The van der Waals surface area contributed by atoms with E-state index >= 15 is 0 Å². The number of hydrogen-bond donors (Lipinski definition) is 2. The van der Waals surface area contributed by atoms with Gasteiger partial charge in [-0.1, -0.05) is 43.0 Å². The Morgan fingerprint density at radius 2 is 2.13 bits per heavy atom. The zero-order chi connectivity index (χ0) is 16.2. The molecule has 23 heavy (non-hydrogen) atoms. The van der Waals surface area contributed by atoms with Crippen molar-refractivity contribution in [2.45, 2.75) is 50.2 Å². The first-order chi connectivity index (χ1) is 11.2. The molecule has 0 radical (unpaired) electrons. The van der Waals surface area contributed by atoms with Gasteiger partial charge in [-0.2, -0.15) is 0 Å². The summed E-state index contributed by atoms with van der Waals surface area (Å²) < 4.78 is 0. The molecule has 1 fully saturated rings. The lowest BCUT2D eigenvalue weighted by molar-refractivity contribution is -0.119. The van der Waals surface area contributed by atoms with Crippen molar-refractivity contribution >= 4 is 17.7 Å². The average molecular weight is 330 g/mol. The van der Waals surface area contributed by atoms with E-state index in [-0.39, 0.29) is 11.9 Å². The first-order valence-corrected chi connectivity index (χ1v) is 9.07. The minimum atomic E-state index is -0.000148. The highest BCUT2D eigenvalue weighted by Crippen LogP contribution is 2.38. The van der Waals surface area contributed by atoms with Crippen LogP contribution in [0.2, 0.25) is 0 Å². The van der Waals surface area contributed by atoms with Gasteiger partial charge in [-0.25, -0.2) is 4.98 Å². The number of aromatic nitrogens is 3. The lowest BCUT2D eigenvalue weighted by Crippen LogP contribution is -2.28. The Hall–Kier alpha value is -1.82. The Kier molecular flexibility index (Phi) is 5.00. The highest BCUT2D eigenvalue weighted by molar-refractivity contribution is 7.99. The van der Waals surface area contributed by atoms with E-state index in [2.05, 4.69) is 51.7 Å². The maximum Gasteiger partial charge on any atom is 0.230 e. The molecule has 1 amide bonds. The number of aryl methyl sites for hydroxylation is 1. The number of nitrogens with one attached hydrogen (secondary N) is 2. The molecule has 1 aliphatic carbocycles. The summed E-state index contributed by atoms with van der Waals surface area (Å²) in [4.78, 5) is 16.5. The lowest BCUT2D eigenvalue weighted by Gasteiger charge is -2.14. The Labute approximate surface area is 140 Å². The molecule has 122 valence electrons. The molecule has 1 aliphatic rings. The standard InChI is InChI=1S/C17H22N4OS/c1-3-12-4-6-13(7-5-12)11(2)18-15(22)10-23-17-19-16(20-21-17)14-8-9-14/h4-7,11,14H,3,8-10H2,1-2H3,(H,18,22)(H,19,20,21). The van der Waals surface area contributed by atoms with Gasteiger partial charge in [-0.3, -0.25) is 9.89 Å². The van der Waals surface area contributed by atoms with Gasteiger partial charge in [-0.05, 0) is 37.3 Å². The van der Waals surface area contributed by atoms with Gasteiger partial charge < -0.3 is 5.32 Å². The van der Waals surface area contributed by atoms with Crippen LogP contribution in [0.4, 0.5) is 0 Å². The van der Waals surface area contributed by atoms with E-state index in [4.69, 9.17) is 0 Å². The molecule has 1 saturated carbocycles. The zero-order valence-electron chi connectivity index (χ0n) is 13.5. The molecule has 0 bridgehead atoms. The molecule has 1 heterocycles. The summed E-state index contributed by atoms with van der Waals surface area (Å²) in [6.07, 6.45) is 3.40. The fourth-order valence-corrected chi connectivity index (χ4v) is 3.02. The quantitative estimate of drug-likeness (QED) is 0.765. The van der Waals surface area contributed by atoms with Gasteiger partial charge in [0.25, 0.3) is 0 Å². The molecule has 1 atom stereocenters. The summed E-state index contributed by atoms with van der Waals surface area (Å²) in [6, 6.07) is 8.38. The molecule has 0 saturated heterocycles. The van der Waals surface area contributed by atoms with Crippen LogP contribution in [0.25, 0.3) is 0 Å². The number of carbonyl (C=O) groups is 1. The number of amides is 1. The topological polar surface area (TPSA) is 70.7 Å². The van der Waals surface area contributed by atoms with Gasteiger partial charge in [-0.15, -0.1) is 5.10 Å². The van der Waals surface area contributed by atoms with Gasteiger partial charge in [0.1, 0.15) is 5.82 Å². The maximum atomic E-state index is 12.1. The predicted octanol–water partition coefficient (Wildman–Crippen LogP) is 3.21. The maximum absolute atomic E-state index is 12.1. The van der Waals surface area contributed by atoms with Gasteiger partial charge in [0.15, 0.2) is 0 Å². The monoisotopic (exact) mass is 330 g/mol. The Bertz CT molecular complexity index is 663. The Morgan fingerprint density at radius 1 is 1.39 bits per heavy atom. The van der Waals surface area contributed by atoms with E-state index in [0.29, 0.717) is 16.8 Å². The second kappa shape index (κ2) is 7.17. The smallest absolute Gasteiger partial charge is 0.230 e. The van der Waals surface area contributed by atoms with Crippen LogP contribution in [-0.2, 0) is 11.2 Å². The average Bonchev–Trinajstić information content (AvgIpc) is 3.31. The highest BCUT2D eigenvalue weighted by Gasteiger charge is 2.27. The third-order valence-corrected chi connectivity index (χ3v) is 4.89. The zero-order valence-corrected chi connectivity index (χ0v) is 14.3. The number of thioether (sulfide) groups is 1. The number of carbonyl (C=O) groups excluding carboxylic acids is 1. The molecule has 0 spiro atoms. The molecular weight excluding hydrogens is 308 g/mol. The molecule has 1 unspecified atom stereocenters. The van der Waals surface area contributed by atoms with E-state index in [0.717, 1.165) is 17.8 Å². The molecule has 3 rings (SSSR count). The van der Waals surface area contributed by atoms with Gasteiger partial charge in [0.2, 0.25) is 11.1 Å². The minimum Gasteiger partial charge on any atom is -0.349 e. The highest BCUT2D eigenvalue weighted by atomic mass is 32.2. The van der Waals surface area contributed by atoms with Crippen molar-refractivity contribution < 1.29 is 4.79 Å². The van der Waals surface area contributed by atoms with Crippen molar-refractivity contribution in [1.29, 1.82) is 0 Å². The van der Waals surface area contributed by atoms with Crippen molar-refractivity contribution in [2.24, 2.45) is 0 Å². The van der Waals surface area contributed by atoms with Crippen LogP contribution in [0.1, 0.15) is 55.6 Å². The van der Waals surface area contributed by atoms with Crippen molar-refractivity contribution in [3.8, 4) is 0 Å². The summed E-state index contributed by atoms with van der Waals surface area (Å²) in [7, 11) is 0. The van der Waals surface area contributed by atoms with Crippen LogP contribution in [0.15, 0.2) is 29.4 Å². The van der Waals surface area contributed by atoms with E-state index in [1.54, 1.807) is 0 Å². The third-order valence-electron chi connectivity index (χ3n) is 4.04. The van der Waals surface area contributed by atoms with Crippen LogP contribution in [0, 0.1) is 0 Å². The molecule has 5 nitrogen and oxygen atoms in total. The first-order valence-electron chi connectivity index (χ1n) is 8.09. The molecule has 2 N–H and O–H groups in total. The van der Waals surface area contributed by atoms with Crippen LogP contribution in [0.5, 0.6) is 0 Å². The second-order valence-electron chi connectivity index (χ2n) is 5.95. The molecule has 1 aromatic heterocycles. The normalized spacial score (nSPS) is 15.4. The SMILES string of the molecule is CCc1ccc(C(C)NC(=O)CSc2n[nH]c(C3CC3)n2)cc1. The van der Waals surface area contributed by atoms with E-state index in [1.807, 2.05) is 6.92 Å². The summed E-state index contributed by atoms with van der Waals surface area (Å²) in [5.41, 5.74) is 2.42. The van der Waals surface area contributed by atoms with Crippen LogP contribution < -0.4 is 5.32 Å². The van der Waals surface area contributed by atoms with E-state index < -0.39 is 0 Å². The molecule has 1 aromatic carbocycles. The first kappa shape index (κ1) is 16.1. The van der Waals surface area contributed by atoms with Gasteiger partial charge in [0, 0.05) is 5.92 Å². The molecular formula is C17H22N4OS. The Morgan fingerprint density at radius 3 is 2.78 bits per heavy atom. The second-order valence-corrected chi connectivity index (χ2v) is 6.89. The van der Waals surface area contributed by atoms with Crippen LogP contribution in [0.3, 0.4) is 0 Å². The molecule has 2 aromatic rings. The van der Waals surface area contributed by atoms with Crippen LogP contribution >= 0.6 is 11.8 Å². The molecule has 6 heteroatoms. The van der Waals surface area contributed by atoms with Crippen molar-refractivity contribution in [2.75, 3.05) is 5.75 Å². The number of benzene rings is 1. The summed E-state index contributed by atoms with van der Waals surface area (Å²) in [6.45, 7) is 4.14. The van der Waals surface area contributed by atoms with Crippen molar-refractivity contribution in [3.63, 3.8) is 0 Å². The third kappa shape index (κ3) is 4.34. The van der Waals surface area contributed by atoms with E-state index in [1.165, 1.54) is 30.2 Å². The fourth-order valence-electron chi connectivity index (χ4n) is 2.40. The number of nitrogens with zero attached hydrogens (tertiary/aromatic N) is 2. The minimum absolute atomic E-state index is 0.000148. The van der Waals surface area contributed by atoms with E-state index in [9.17, 15) is 4.79 Å². The largest absolute Gasteiger partial charge is 0.349 e. The number of aromatic amines is 1. The summed E-state index contributed by atoms with van der Waals surface area (Å²) >= 11 is 1.37. The summed E-state index contributed by atoms with van der Waals surface area (Å²) in [5.74, 6) is 1.84. The van der Waals surface area contributed by atoms with Gasteiger partial charge in [0.05, 0.1) is 11.8 Å². The van der Waals surface area contributed by atoms with Crippen molar-refractivity contribution in [3.05, 3.63) is 41.2 Å². The fraction of sp³-hybridized carbons (Fsp3) is 0.471. The van der Waals surface area contributed by atoms with Crippen molar-refractivity contribution in [1.82, 2.24) is 20.5 Å². The predicted molar refractivity (Wildman–Crippen MR) is 91.5 cm³/mol. The van der Waals surface area contributed by atoms with Crippen LogP contribution in [-0.4, -0.2) is 26.8 Å². The lowest BCUT2D eigenvalue weighted by atomic mass is 10.1. The number of H-pyrrole nitrogens is 1.